The number of nitrogens with zero attached hydrogens (tertiary/aromatic N) is 2. The summed E-state index contributed by atoms with van der Waals surface area (Å²) in [5.41, 5.74) is 1.70. The molecule has 0 radical (unpaired) electrons. The van der Waals surface area contributed by atoms with E-state index in [1.165, 1.54) is 30.1 Å². The van der Waals surface area contributed by atoms with Gasteiger partial charge in [0.2, 0.25) is 0 Å². The summed E-state index contributed by atoms with van der Waals surface area (Å²) in [5, 5.41) is 5.74. The van der Waals surface area contributed by atoms with Crippen molar-refractivity contribution in [3.63, 3.8) is 0 Å². The fourth-order valence-electron chi connectivity index (χ4n) is 2.27. The van der Waals surface area contributed by atoms with E-state index in [2.05, 4.69) is 5.10 Å². The Kier molecular flexibility index (Phi) is 6.13. The standard InChI is InChI=1S/C18H15ClN2O3S2/c1-23-15-8-13(9-20-21-16(22)11-26-18(21)25)7-14(19)17(15)24-10-12-5-3-2-4-6-12/h2-9H,10-11H2,1H3/b20-9-. The molecule has 1 saturated heterocycles. The van der Waals surface area contributed by atoms with Gasteiger partial charge in [0.15, 0.2) is 15.8 Å². The third kappa shape index (κ3) is 4.35. The second-order valence-corrected chi connectivity index (χ2v) is 7.33. The van der Waals surface area contributed by atoms with Gasteiger partial charge in [-0.1, -0.05) is 65.9 Å². The predicted octanol–water partition coefficient (Wildman–Crippen LogP) is 4.12. The molecule has 8 heteroatoms. The van der Waals surface area contributed by atoms with Crippen molar-refractivity contribution in [2.45, 2.75) is 6.61 Å². The largest absolute Gasteiger partial charge is 0.493 e. The number of hydrazone groups is 1. The number of benzene rings is 2. The van der Waals surface area contributed by atoms with Gasteiger partial charge in [0.1, 0.15) is 6.61 Å². The highest BCUT2D eigenvalue weighted by Gasteiger charge is 2.26. The lowest BCUT2D eigenvalue weighted by atomic mass is 10.2. The van der Waals surface area contributed by atoms with E-state index < -0.39 is 0 Å². The van der Waals surface area contributed by atoms with Gasteiger partial charge in [-0.25, -0.2) is 0 Å². The molecule has 1 amide bonds. The van der Waals surface area contributed by atoms with Crippen molar-refractivity contribution in [3.8, 4) is 11.5 Å². The zero-order valence-corrected chi connectivity index (χ0v) is 16.2. The highest BCUT2D eigenvalue weighted by atomic mass is 35.5. The summed E-state index contributed by atoms with van der Waals surface area (Å²) in [6.07, 6.45) is 1.52. The van der Waals surface area contributed by atoms with Crippen LogP contribution in [0.2, 0.25) is 5.02 Å². The summed E-state index contributed by atoms with van der Waals surface area (Å²) in [7, 11) is 1.54. The molecule has 1 fully saturated rings. The fraction of sp³-hybridized carbons (Fsp3) is 0.167. The molecule has 3 rings (SSSR count). The Bertz CT molecular complexity index is 843. The number of methoxy groups -OCH3 is 1. The number of thiocarbonyl (C=S) groups is 1. The average molecular weight is 407 g/mol. The second-order valence-electron chi connectivity index (χ2n) is 5.31. The zero-order valence-electron chi connectivity index (χ0n) is 13.8. The normalized spacial score (nSPS) is 14.3. The number of amides is 1. The predicted molar refractivity (Wildman–Crippen MR) is 108 cm³/mol. The van der Waals surface area contributed by atoms with Crippen LogP contribution < -0.4 is 9.47 Å². The van der Waals surface area contributed by atoms with Crippen molar-refractivity contribution in [1.29, 1.82) is 0 Å². The van der Waals surface area contributed by atoms with Crippen LogP contribution in [0.4, 0.5) is 0 Å². The van der Waals surface area contributed by atoms with Gasteiger partial charge in [-0.15, -0.1) is 0 Å². The Morgan fingerprint density at radius 2 is 2.12 bits per heavy atom. The molecule has 0 unspecified atom stereocenters. The Morgan fingerprint density at radius 1 is 1.35 bits per heavy atom. The summed E-state index contributed by atoms with van der Waals surface area (Å²) < 4.78 is 11.6. The Morgan fingerprint density at radius 3 is 2.77 bits per heavy atom. The summed E-state index contributed by atoms with van der Waals surface area (Å²) in [4.78, 5) is 11.7. The van der Waals surface area contributed by atoms with Gasteiger partial charge >= 0.3 is 0 Å². The maximum absolute atomic E-state index is 11.7. The summed E-state index contributed by atoms with van der Waals surface area (Å²) in [5.74, 6) is 1.11. The third-order valence-electron chi connectivity index (χ3n) is 3.53. The van der Waals surface area contributed by atoms with Gasteiger partial charge in [0.25, 0.3) is 5.91 Å². The molecule has 0 N–H and O–H groups in total. The van der Waals surface area contributed by atoms with E-state index in [9.17, 15) is 4.79 Å². The van der Waals surface area contributed by atoms with E-state index in [-0.39, 0.29) is 5.91 Å². The molecule has 134 valence electrons. The monoisotopic (exact) mass is 406 g/mol. The van der Waals surface area contributed by atoms with Crippen molar-refractivity contribution < 1.29 is 14.3 Å². The molecule has 26 heavy (non-hydrogen) atoms. The molecule has 1 aliphatic rings. The lowest BCUT2D eigenvalue weighted by Gasteiger charge is -2.13. The van der Waals surface area contributed by atoms with E-state index in [1.807, 2.05) is 30.3 Å². The van der Waals surface area contributed by atoms with E-state index in [0.717, 1.165) is 5.56 Å². The topological polar surface area (TPSA) is 51.1 Å². The molecular weight excluding hydrogens is 392 g/mol. The molecule has 5 nitrogen and oxygen atoms in total. The number of rotatable bonds is 6. The van der Waals surface area contributed by atoms with Gasteiger partial charge in [0.05, 0.1) is 24.1 Å². The highest BCUT2D eigenvalue weighted by Crippen LogP contribution is 2.36. The SMILES string of the molecule is COc1cc(/C=N\N2C(=O)CSC2=S)cc(Cl)c1OCc1ccccc1. The maximum atomic E-state index is 11.7. The Labute approximate surface area is 165 Å². The van der Waals surface area contributed by atoms with E-state index in [1.54, 1.807) is 12.1 Å². The molecule has 1 heterocycles. The number of ether oxygens (including phenoxy) is 2. The van der Waals surface area contributed by atoms with Gasteiger partial charge in [-0.2, -0.15) is 10.1 Å². The van der Waals surface area contributed by atoms with Crippen LogP contribution in [-0.4, -0.2) is 34.3 Å². The van der Waals surface area contributed by atoms with Crippen molar-refractivity contribution >= 4 is 52.0 Å². The minimum Gasteiger partial charge on any atom is -0.493 e. The van der Waals surface area contributed by atoms with Crippen LogP contribution in [0.1, 0.15) is 11.1 Å². The molecule has 2 aromatic carbocycles. The fourth-order valence-corrected chi connectivity index (χ4v) is 3.51. The molecular formula is C18H15ClN2O3S2. The highest BCUT2D eigenvalue weighted by molar-refractivity contribution is 8.23. The number of hydrogen-bond acceptors (Lipinski definition) is 6. The smallest absolute Gasteiger partial charge is 0.259 e. The minimum atomic E-state index is -0.142. The third-order valence-corrected chi connectivity index (χ3v) is 5.15. The average Bonchev–Trinajstić information content (AvgIpc) is 2.97. The molecule has 0 bridgehead atoms. The first-order chi connectivity index (χ1) is 12.6. The number of thioether (sulfide) groups is 1. The second kappa shape index (κ2) is 8.53. The maximum Gasteiger partial charge on any atom is 0.259 e. The first-order valence-corrected chi connectivity index (χ1v) is 9.43. The summed E-state index contributed by atoms with van der Waals surface area (Å²) in [6.45, 7) is 0.373. The van der Waals surface area contributed by atoms with Crippen molar-refractivity contribution in [1.82, 2.24) is 5.01 Å². The van der Waals surface area contributed by atoms with Crippen molar-refractivity contribution in [2.24, 2.45) is 5.10 Å². The molecule has 0 atom stereocenters. The van der Waals surface area contributed by atoms with Crippen LogP contribution in [0.5, 0.6) is 11.5 Å². The Balaban J connectivity index is 1.78. The number of carbonyl (C=O) groups excluding carboxylic acids is 1. The lowest BCUT2D eigenvalue weighted by Crippen LogP contribution is -2.22. The van der Waals surface area contributed by atoms with E-state index in [0.29, 0.717) is 38.8 Å². The number of carbonyl (C=O) groups is 1. The minimum absolute atomic E-state index is 0.142. The molecule has 2 aromatic rings. The van der Waals surface area contributed by atoms with Crippen LogP contribution in [-0.2, 0) is 11.4 Å². The summed E-state index contributed by atoms with van der Waals surface area (Å²) >= 11 is 12.7. The summed E-state index contributed by atoms with van der Waals surface area (Å²) in [6, 6.07) is 13.2. The Hall–Kier alpha value is -2.09. The molecule has 0 aliphatic carbocycles. The number of hydrogen-bond donors (Lipinski definition) is 0. The zero-order chi connectivity index (χ0) is 18.5. The molecule has 0 saturated carbocycles. The number of halogens is 1. The van der Waals surface area contributed by atoms with Crippen molar-refractivity contribution in [2.75, 3.05) is 12.9 Å². The molecule has 0 spiro atoms. The van der Waals surface area contributed by atoms with Crippen molar-refractivity contribution in [3.05, 3.63) is 58.6 Å². The quantitative estimate of drug-likeness (QED) is 0.533. The van der Waals surface area contributed by atoms with Crippen LogP contribution in [0.3, 0.4) is 0 Å². The first kappa shape index (κ1) is 18.7. The van der Waals surface area contributed by atoms with Gasteiger partial charge in [-0.05, 0) is 23.3 Å². The van der Waals surface area contributed by atoms with Gasteiger partial charge in [0, 0.05) is 0 Å². The van der Waals surface area contributed by atoms with Crippen LogP contribution in [0.25, 0.3) is 0 Å². The molecule has 1 aliphatic heterocycles. The van der Waals surface area contributed by atoms with Gasteiger partial charge in [-0.3, -0.25) is 4.79 Å². The van der Waals surface area contributed by atoms with Crippen LogP contribution >= 0.6 is 35.6 Å². The lowest BCUT2D eigenvalue weighted by molar-refractivity contribution is -0.123. The molecule has 0 aromatic heterocycles. The van der Waals surface area contributed by atoms with E-state index in [4.69, 9.17) is 33.3 Å². The first-order valence-electron chi connectivity index (χ1n) is 7.66. The van der Waals surface area contributed by atoms with E-state index >= 15 is 0 Å². The van der Waals surface area contributed by atoms with Gasteiger partial charge < -0.3 is 9.47 Å². The van der Waals surface area contributed by atoms with Crippen LogP contribution in [0, 0.1) is 0 Å². The van der Waals surface area contributed by atoms with Crippen LogP contribution in [0.15, 0.2) is 47.6 Å².